The highest BCUT2D eigenvalue weighted by Crippen LogP contribution is 2.35. The Morgan fingerprint density at radius 2 is 1.84 bits per heavy atom. The van der Waals surface area contributed by atoms with Gasteiger partial charge in [0.05, 0.1) is 18.9 Å². The number of nitrogens with one attached hydrogen (secondary N) is 1. The average molecular weight is 500 g/mol. The summed E-state index contributed by atoms with van der Waals surface area (Å²) in [5.41, 5.74) is 1.41. The zero-order valence-electron chi connectivity index (χ0n) is 17.8. The topological polar surface area (TPSA) is 71.1 Å². The standard InChI is InChI=1S/C24H26BrN3O4/c25-19-7-2-1-6-18(19)16-22-24(30)28(20-8-3-4-9-21(20)32-22)17-23(29)26-10-5-11-27-12-14-31-15-13-27/h1-4,6-9,16H,5,10-15,17H2,(H,26,29)/b22-16+. The number of hydrogen-bond donors (Lipinski definition) is 1. The third kappa shape index (κ3) is 5.56. The van der Waals surface area contributed by atoms with Gasteiger partial charge in [-0.15, -0.1) is 0 Å². The molecule has 2 aliphatic rings. The molecule has 0 bridgehead atoms. The molecule has 0 aliphatic carbocycles. The largest absolute Gasteiger partial charge is 0.449 e. The highest BCUT2D eigenvalue weighted by Gasteiger charge is 2.31. The molecule has 2 aromatic rings. The maximum Gasteiger partial charge on any atom is 0.294 e. The summed E-state index contributed by atoms with van der Waals surface area (Å²) in [6, 6.07) is 14.8. The Hall–Kier alpha value is -2.68. The molecule has 0 aromatic heterocycles. The number of ether oxygens (including phenoxy) is 2. The van der Waals surface area contributed by atoms with Crippen LogP contribution in [0.2, 0.25) is 0 Å². The van der Waals surface area contributed by atoms with Gasteiger partial charge < -0.3 is 14.8 Å². The fourth-order valence-corrected chi connectivity index (χ4v) is 4.11. The maximum atomic E-state index is 13.2. The first-order chi connectivity index (χ1) is 15.6. The number of rotatable bonds is 7. The second kappa shape index (κ2) is 10.8. The lowest BCUT2D eigenvalue weighted by atomic mass is 10.1. The third-order valence-electron chi connectivity index (χ3n) is 5.40. The number of fused-ring (bicyclic) bond motifs is 1. The summed E-state index contributed by atoms with van der Waals surface area (Å²) in [4.78, 5) is 29.6. The van der Waals surface area contributed by atoms with E-state index in [0.29, 0.717) is 18.0 Å². The molecule has 1 saturated heterocycles. The first-order valence-corrected chi connectivity index (χ1v) is 11.5. The molecular formula is C24H26BrN3O4. The Kier molecular flexibility index (Phi) is 7.57. The summed E-state index contributed by atoms with van der Waals surface area (Å²) in [6.45, 7) is 4.81. The molecular weight excluding hydrogens is 474 g/mol. The highest BCUT2D eigenvalue weighted by molar-refractivity contribution is 9.10. The number of nitrogens with zero attached hydrogens (tertiary/aromatic N) is 2. The molecule has 4 rings (SSSR count). The van der Waals surface area contributed by atoms with Crippen molar-refractivity contribution in [3.8, 4) is 5.75 Å². The van der Waals surface area contributed by atoms with Crippen LogP contribution < -0.4 is 15.0 Å². The van der Waals surface area contributed by atoms with Crippen LogP contribution in [0.5, 0.6) is 5.75 Å². The van der Waals surface area contributed by atoms with E-state index in [1.165, 1.54) is 4.90 Å². The maximum absolute atomic E-state index is 13.2. The summed E-state index contributed by atoms with van der Waals surface area (Å²) in [5.74, 6) is 0.182. The van der Waals surface area contributed by atoms with Crippen molar-refractivity contribution < 1.29 is 19.1 Å². The summed E-state index contributed by atoms with van der Waals surface area (Å²) < 4.78 is 12.1. The molecule has 32 heavy (non-hydrogen) atoms. The number of hydrogen-bond acceptors (Lipinski definition) is 5. The van der Waals surface area contributed by atoms with Gasteiger partial charge in [0, 0.05) is 24.1 Å². The van der Waals surface area contributed by atoms with Crippen molar-refractivity contribution in [3.05, 3.63) is 64.3 Å². The lowest BCUT2D eigenvalue weighted by Crippen LogP contribution is -2.44. The predicted molar refractivity (Wildman–Crippen MR) is 126 cm³/mol. The molecule has 2 heterocycles. The van der Waals surface area contributed by atoms with E-state index in [4.69, 9.17) is 9.47 Å². The first-order valence-electron chi connectivity index (χ1n) is 10.7. The monoisotopic (exact) mass is 499 g/mol. The number of carbonyl (C=O) groups is 2. The van der Waals surface area contributed by atoms with Crippen LogP contribution >= 0.6 is 15.9 Å². The number of carbonyl (C=O) groups excluding carboxylic acids is 2. The number of amides is 2. The van der Waals surface area contributed by atoms with Gasteiger partial charge in [-0.1, -0.05) is 46.3 Å². The highest BCUT2D eigenvalue weighted by atomic mass is 79.9. The van der Waals surface area contributed by atoms with Crippen LogP contribution in [0.15, 0.2) is 58.8 Å². The smallest absolute Gasteiger partial charge is 0.294 e. The Morgan fingerprint density at radius 3 is 2.66 bits per heavy atom. The zero-order valence-corrected chi connectivity index (χ0v) is 19.3. The van der Waals surface area contributed by atoms with E-state index in [-0.39, 0.29) is 24.1 Å². The lowest BCUT2D eigenvalue weighted by molar-refractivity contribution is -0.123. The fourth-order valence-electron chi connectivity index (χ4n) is 3.71. The number of anilines is 1. The molecule has 7 nitrogen and oxygen atoms in total. The first kappa shape index (κ1) is 22.5. The minimum atomic E-state index is -0.345. The Morgan fingerprint density at radius 1 is 1.09 bits per heavy atom. The Balaban J connectivity index is 1.41. The van der Waals surface area contributed by atoms with Gasteiger partial charge in [-0.2, -0.15) is 0 Å². The van der Waals surface area contributed by atoms with E-state index in [2.05, 4.69) is 26.1 Å². The average Bonchev–Trinajstić information content (AvgIpc) is 2.81. The second-order valence-corrected chi connectivity index (χ2v) is 8.50. The van der Waals surface area contributed by atoms with Crippen LogP contribution in [0.4, 0.5) is 5.69 Å². The van der Waals surface area contributed by atoms with E-state index in [0.717, 1.165) is 49.3 Å². The van der Waals surface area contributed by atoms with Crippen LogP contribution in [-0.2, 0) is 14.3 Å². The lowest BCUT2D eigenvalue weighted by Gasteiger charge is -2.30. The molecule has 1 N–H and O–H groups in total. The molecule has 0 unspecified atom stereocenters. The van der Waals surface area contributed by atoms with Crippen LogP contribution in [0.3, 0.4) is 0 Å². The quantitative estimate of drug-likeness (QED) is 0.468. The summed E-state index contributed by atoms with van der Waals surface area (Å²) in [5, 5.41) is 2.94. The minimum absolute atomic E-state index is 0.0654. The second-order valence-electron chi connectivity index (χ2n) is 7.65. The van der Waals surface area contributed by atoms with Crippen molar-refractivity contribution in [2.75, 3.05) is 50.8 Å². The SMILES string of the molecule is O=C(CN1C(=O)/C(=C\c2ccccc2Br)Oc2ccccc21)NCCCN1CCOCC1. The van der Waals surface area contributed by atoms with E-state index < -0.39 is 0 Å². The van der Waals surface area contributed by atoms with Crippen molar-refractivity contribution in [1.82, 2.24) is 10.2 Å². The molecule has 0 spiro atoms. The number of morpholine rings is 1. The molecule has 8 heteroatoms. The normalized spacial score (nSPS) is 17.7. The summed E-state index contributed by atoms with van der Waals surface area (Å²) in [6.07, 6.45) is 2.54. The van der Waals surface area contributed by atoms with Crippen molar-refractivity contribution in [2.24, 2.45) is 0 Å². The van der Waals surface area contributed by atoms with Crippen molar-refractivity contribution in [3.63, 3.8) is 0 Å². The Labute approximate surface area is 196 Å². The predicted octanol–water partition coefficient (Wildman–Crippen LogP) is 3.05. The fraction of sp³-hybridized carbons (Fsp3) is 0.333. The van der Waals surface area contributed by atoms with Crippen molar-refractivity contribution in [2.45, 2.75) is 6.42 Å². The van der Waals surface area contributed by atoms with Gasteiger partial charge in [-0.25, -0.2) is 0 Å². The van der Waals surface area contributed by atoms with E-state index in [9.17, 15) is 9.59 Å². The van der Waals surface area contributed by atoms with Crippen molar-refractivity contribution in [1.29, 1.82) is 0 Å². The third-order valence-corrected chi connectivity index (χ3v) is 6.12. The van der Waals surface area contributed by atoms with Gasteiger partial charge in [0.2, 0.25) is 5.91 Å². The van der Waals surface area contributed by atoms with Gasteiger partial charge in [-0.3, -0.25) is 19.4 Å². The minimum Gasteiger partial charge on any atom is -0.449 e. The Bertz CT molecular complexity index is 1000. The van der Waals surface area contributed by atoms with Crippen LogP contribution in [0.1, 0.15) is 12.0 Å². The van der Waals surface area contributed by atoms with Gasteiger partial charge in [0.25, 0.3) is 5.91 Å². The van der Waals surface area contributed by atoms with Gasteiger partial charge in [-0.05, 0) is 42.8 Å². The van der Waals surface area contributed by atoms with E-state index in [1.54, 1.807) is 18.2 Å². The number of benzene rings is 2. The van der Waals surface area contributed by atoms with Gasteiger partial charge in [0.1, 0.15) is 6.54 Å². The van der Waals surface area contributed by atoms with Crippen LogP contribution in [-0.4, -0.2) is 62.7 Å². The molecule has 168 valence electrons. The summed E-state index contributed by atoms with van der Waals surface area (Å²) in [7, 11) is 0. The number of para-hydroxylation sites is 2. The van der Waals surface area contributed by atoms with Gasteiger partial charge in [0.15, 0.2) is 11.5 Å². The van der Waals surface area contributed by atoms with Crippen LogP contribution in [0, 0.1) is 0 Å². The number of halogens is 1. The van der Waals surface area contributed by atoms with E-state index in [1.807, 2.05) is 36.4 Å². The van der Waals surface area contributed by atoms with Crippen LogP contribution in [0.25, 0.3) is 6.08 Å². The molecule has 0 saturated carbocycles. The molecule has 1 fully saturated rings. The summed E-state index contributed by atoms with van der Waals surface area (Å²) >= 11 is 3.49. The molecule has 2 amide bonds. The molecule has 2 aliphatic heterocycles. The van der Waals surface area contributed by atoms with Crippen molar-refractivity contribution >= 4 is 39.5 Å². The molecule has 0 atom stereocenters. The molecule has 0 radical (unpaired) electrons. The molecule has 2 aromatic carbocycles. The van der Waals surface area contributed by atoms with E-state index >= 15 is 0 Å². The van der Waals surface area contributed by atoms with Gasteiger partial charge >= 0.3 is 0 Å². The zero-order chi connectivity index (χ0) is 22.3.